The van der Waals surface area contributed by atoms with Crippen molar-refractivity contribution >= 4 is 29.3 Å². The Labute approximate surface area is 110 Å². The van der Waals surface area contributed by atoms with E-state index in [1.165, 1.54) is 0 Å². The molecule has 1 amide bonds. The van der Waals surface area contributed by atoms with Gasteiger partial charge in [0.25, 0.3) is 0 Å². The molecule has 1 aliphatic rings. The van der Waals surface area contributed by atoms with Gasteiger partial charge in [-0.2, -0.15) is 11.8 Å². The van der Waals surface area contributed by atoms with Crippen LogP contribution in [0.2, 0.25) is 5.02 Å². The van der Waals surface area contributed by atoms with Crippen molar-refractivity contribution in [3.05, 3.63) is 34.9 Å². The number of hydrogen-bond acceptors (Lipinski definition) is 3. The van der Waals surface area contributed by atoms with Crippen LogP contribution in [0.1, 0.15) is 11.6 Å². The Morgan fingerprint density at radius 3 is 2.82 bits per heavy atom. The zero-order valence-electron chi connectivity index (χ0n) is 9.43. The van der Waals surface area contributed by atoms with Crippen molar-refractivity contribution < 1.29 is 4.79 Å². The molecule has 1 aromatic carbocycles. The van der Waals surface area contributed by atoms with Gasteiger partial charge in [0, 0.05) is 23.1 Å². The summed E-state index contributed by atoms with van der Waals surface area (Å²) in [4.78, 5) is 13.7. The van der Waals surface area contributed by atoms with Crippen LogP contribution in [-0.4, -0.2) is 35.4 Å². The van der Waals surface area contributed by atoms with Crippen LogP contribution in [0.5, 0.6) is 0 Å². The zero-order valence-corrected chi connectivity index (χ0v) is 11.0. The quantitative estimate of drug-likeness (QED) is 0.893. The molecule has 1 saturated heterocycles. The average Bonchev–Trinajstić information content (AvgIpc) is 2.39. The minimum atomic E-state index is 0.0188. The lowest BCUT2D eigenvalue weighted by atomic mass is 10.1. The Bertz CT molecular complexity index is 396. The molecule has 3 nitrogen and oxygen atoms in total. The second-order valence-electron chi connectivity index (χ2n) is 3.93. The SMILES string of the molecule is NCC(=O)N1CCSCC1c1ccc(Cl)cc1. The van der Waals surface area contributed by atoms with Crippen LogP contribution in [0.3, 0.4) is 0 Å². The smallest absolute Gasteiger partial charge is 0.236 e. The number of nitrogens with zero attached hydrogens (tertiary/aromatic N) is 1. The second kappa shape index (κ2) is 5.76. The molecule has 1 fully saturated rings. The first kappa shape index (κ1) is 12.7. The van der Waals surface area contributed by atoms with Crippen molar-refractivity contribution in [2.75, 3.05) is 24.6 Å². The standard InChI is InChI=1S/C12H15ClN2OS/c13-10-3-1-9(2-4-10)11-8-17-6-5-15(11)12(16)7-14/h1-4,11H,5-8,14H2. The minimum Gasteiger partial charge on any atom is -0.333 e. The van der Waals surface area contributed by atoms with Crippen molar-refractivity contribution in [3.63, 3.8) is 0 Å². The lowest BCUT2D eigenvalue weighted by Crippen LogP contribution is -2.43. The van der Waals surface area contributed by atoms with Gasteiger partial charge in [0.1, 0.15) is 0 Å². The second-order valence-corrected chi connectivity index (χ2v) is 5.52. The maximum atomic E-state index is 11.8. The molecule has 2 rings (SSSR count). The molecule has 0 saturated carbocycles. The Hall–Kier alpha value is -0.710. The highest BCUT2D eigenvalue weighted by molar-refractivity contribution is 7.99. The maximum Gasteiger partial charge on any atom is 0.236 e. The summed E-state index contributed by atoms with van der Waals surface area (Å²) >= 11 is 7.74. The van der Waals surface area contributed by atoms with Crippen LogP contribution in [0.4, 0.5) is 0 Å². The van der Waals surface area contributed by atoms with Crippen molar-refractivity contribution in [1.82, 2.24) is 4.90 Å². The monoisotopic (exact) mass is 270 g/mol. The van der Waals surface area contributed by atoms with Gasteiger partial charge >= 0.3 is 0 Å². The summed E-state index contributed by atoms with van der Waals surface area (Å²) in [5.41, 5.74) is 6.58. The molecule has 1 aliphatic heterocycles. The summed E-state index contributed by atoms with van der Waals surface area (Å²) in [7, 11) is 0. The molecule has 1 aromatic rings. The van der Waals surface area contributed by atoms with Gasteiger partial charge in [0.2, 0.25) is 5.91 Å². The molecule has 1 unspecified atom stereocenters. The van der Waals surface area contributed by atoms with Gasteiger partial charge in [0.15, 0.2) is 0 Å². The van der Waals surface area contributed by atoms with Crippen molar-refractivity contribution in [2.45, 2.75) is 6.04 Å². The van der Waals surface area contributed by atoms with E-state index in [0.717, 1.165) is 23.6 Å². The third kappa shape index (κ3) is 2.94. The molecule has 1 atom stereocenters. The van der Waals surface area contributed by atoms with Crippen molar-refractivity contribution in [2.24, 2.45) is 5.73 Å². The summed E-state index contributed by atoms with van der Waals surface area (Å²) in [5, 5.41) is 0.717. The molecule has 0 radical (unpaired) electrons. The van der Waals surface area contributed by atoms with Gasteiger partial charge in [-0.25, -0.2) is 0 Å². The van der Waals surface area contributed by atoms with Crippen molar-refractivity contribution in [3.8, 4) is 0 Å². The van der Waals surface area contributed by atoms with Crippen LogP contribution < -0.4 is 5.73 Å². The number of carbonyl (C=O) groups excluding carboxylic acids is 1. The predicted octanol–water partition coefficient (Wildman–Crippen LogP) is 1.92. The van der Waals surface area contributed by atoms with E-state index >= 15 is 0 Å². The third-order valence-electron chi connectivity index (χ3n) is 2.88. The van der Waals surface area contributed by atoms with E-state index in [0.29, 0.717) is 5.02 Å². The molecule has 5 heteroatoms. The lowest BCUT2D eigenvalue weighted by Gasteiger charge is -2.35. The summed E-state index contributed by atoms with van der Waals surface area (Å²) in [5.74, 6) is 1.92. The van der Waals surface area contributed by atoms with E-state index in [9.17, 15) is 4.79 Å². The minimum absolute atomic E-state index is 0.0188. The molecule has 92 valence electrons. The zero-order chi connectivity index (χ0) is 12.3. The number of benzene rings is 1. The van der Waals surface area contributed by atoms with Gasteiger partial charge in [0.05, 0.1) is 12.6 Å². The first-order valence-electron chi connectivity index (χ1n) is 5.55. The van der Waals surface area contributed by atoms with E-state index in [2.05, 4.69) is 0 Å². The molecule has 0 aliphatic carbocycles. The molecule has 0 bridgehead atoms. The van der Waals surface area contributed by atoms with Crippen LogP contribution >= 0.6 is 23.4 Å². The molecule has 2 N–H and O–H groups in total. The Morgan fingerprint density at radius 1 is 1.47 bits per heavy atom. The highest BCUT2D eigenvalue weighted by atomic mass is 35.5. The highest BCUT2D eigenvalue weighted by Gasteiger charge is 2.27. The van der Waals surface area contributed by atoms with Crippen LogP contribution in [0, 0.1) is 0 Å². The van der Waals surface area contributed by atoms with E-state index in [1.807, 2.05) is 40.9 Å². The van der Waals surface area contributed by atoms with Gasteiger partial charge in [-0.05, 0) is 17.7 Å². The van der Waals surface area contributed by atoms with E-state index in [1.54, 1.807) is 0 Å². The normalized spacial score (nSPS) is 20.4. The summed E-state index contributed by atoms with van der Waals surface area (Å²) < 4.78 is 0. The number of hydrogen-bond donors (Lipinski definition) is 1. The number of halogens is 1. The van der Waals surface area contributed by atoms with Gasteiger partial charge in [-0.3, -0.25) is 4.79 Å². The predicted molar refractivity (Wildman–Crippen MR) is 72.3 cm³/mol. The molecule has 17 heavy (non-hydrogen) atoms. The molecule has 0 spiro atoms. The lowest BCUT2D eigenvalue weighted by molar-refractivity contribution is -0.131. The van der Waals surface area contributed by atoms with Crippen LogP contribution in [0.15, 0.2) is 24.3 Å². The van der Waals surface area contributed by atoms with E-state index in [4.69, 9.17) is 17.3 Å². The number of nitrogens with two attached hydrogens (primary N) is 1. The van der Waals surface area contributed by atoms with Crippen LogP contribution in [0.25, 0.3) is 0 Å². The fourth-order valence-electron chi connectivity index (χ4n) is 1.98. The van der Waals surface area contributed by atoms with Crippen LogP contribution in [-0.2, 0) is 4.79 Å². The summed E-state index contributed by atoms with van der Waals surface area (Å²) in [6.45, 7) is 0.850. The molecular formula is C12H15ClN2OS. The Kier molecular flexibility index (Phi) is 4.31. The highest BCUT2D eigenvalue weighted by Crippen LogP contribution is 2.30. The van der Waals surface area contributed by atoms with Gasteiger partial charge in [-0.15, -0.1) is 0 Å². The van der Waals surface area contributed by atoms with E-state index < -0.39 is 0 Å². The van der Waals surface area contributed by atoms with E-state index in [-0.39, 0.29) is 18.5 Å². The third-order valence-corrected chi connectivity index (χ3v) is 4.15. The summed E-state index contributed by atoms with van der Waals surface area (Å²) in [6.07, 6.45) is 0. The largest absolute Gasteiger partial charge is 0.333 e. The molecule has 1 heterocycles. The fourth-order valence-corrected chi connectivity index (χ4v) is 3.19. The van der Waals surface area contributed by atoms with Gasteiger partial charge in [-0.1, -0.05) is 23.7 Å². The Morgan fingerprint density at radius 2 is 2.18 bits per heavy atom. The van der Waals surface area contributed by atoms with Gasteiger partial charge < -0.3 is 10.6 Å². The fraction of sp³-hybridized carbons (Fsp3) is 0.417. The first-order chi connectivity index (χ1) is 8.22. The molecular weight excluding hydrogens is 256 g/mol. The maximum absolute atomic E-state index is 11.8. The first-order valence-corrected chi connectivity index (χ1v) is 7.08. The van der Waals surface area contributed by atoms with Crippen molar-refractivity contribution in [1.29, 1.82) is 0 Å². The average molecular weight is 271 g/mol. The molecule has 0 aromatic heterocycles. The topological polar surface area (TPSA) is 46.3 Å². The summed E-state index contributed by atoms with van der Waals surface area (Å²) in [6, 6.07) is 7.82. The number of rotatable bonds is 2. The number of thioether (sulfide) groups is 1. The number of carbonyl (C=O) groups is 1. The Balaban J connectivity index is 2.21. The number of amides is 1.